The molecular formula is C13H19B2OS. The lowest BCUT2D eigenvalue weighted by Gasteiger charge is -2.38. The molecule has 0 aliphatic carbocycles. The first-order valence-electron chi connectivity index (χ1n) is 5.79. The molecule has 1 aromatic rings. The Labute approximate surface area is 112 Å². The summed E-state index contributed by atoms with van der Waals surface area (Å²) >= 11 is 4.55. The van der Waals surface area contributed by atoms with Crippen molar-refractivity contribution in [3.63, 3.8) is 0 Å². The zero-order valence-corrected chi connectivity index (χ0v) is 11.9. The topological polar surface area (TPSA) is 9.23 Å². The van der Waals surface area contributed by atoms with Crippen molar-refractivity contribution in [2.24, 2.45) is 0 Å². The lowest BCUT2D eigenvalue weighted by atomic mass is 9.83. The quantitative estimate of drug-likeness (QED) is 0.617. The van der Waals surface area contributed by atoms with Crippen LogP contribution >= 0.6 is 12.6 Å². The molecule has 1 nitrogen and oxygen atoms in total. The van der Waals surface area contributed by atoms with Crippen LogP contribution < -0.4 is 5.46 Å². The molecule has 0 amide bonds. The fourth-order valence-corrected chi connectivity index (χ4v) is 1.26. The molecule has 0 fully saturated rings. The molecular weight excluding hydrogens is 226 g/mol. The molecule has 0 atom stereocenters. The van der Waals surface area contributed by atoms with Crippen molar-refractivity contribution in [3.05, 3.63) is 29.8 Å². The molecule has 4 heteroatoms. The molecule has 0 aromatic heterocycles. The van der Waals surface area contributed by atoms with Crippen LogP contribution in [0.25, 0.3) is 0 Å². The molecule has 0 bridgehead atoms. The molecule has 0 spiro atoms. The van der Waals surface area contributed by atoms with E-state index >= 15 is 0 Å². The average molecular weight is 245 g/mol. The Kier molecular flexibility index (Phi) is 4.79. The summed E-state index contributed by atoms with van der Waals surface area (Å²) < 4.78 is 5.60. The SMILES string of the molecule is [B]c1cccc(C[B]OC(C)(C)C(C)(C)S)c1. The van der Waals surface area contributed by atoms with Gasteiger partial charge in [0.1, 0.15) is 7.85 Å². The summed E-state index contributed by atoms with van der Waals surface area (Å²) in [5, 5.41) is 0. The van der Waals surface area contributed by atoms with Crippen LogP contribution in [-0.4, -0.2) is 25.7 Å². The van der Waals surface area contributed by atoms with Crippen LogP contribution in [0.2, 0.25) is 0 Å². The predicted molar refractivity (Wildman–Crippen MR) is 79.5 cm³/mol. The second-order valence-corrected chi connectivity index (χ2v) is 6.42. The first-order valence-corrected chi connectivity index (χ1v) is 6.23. The van der Waals surface area contributed by atoms with Crippen molar-refractivity contribution < 1.29 is 4.65 Å². The molecule has 0 heterocycles. The zero-order chi connectivity index (χ0) is 13.1. The van der Waals surface area contributed by atoms with E-state index in [0.29, 0.717) is 0 Å². The van der Waals surface area contributed by atoms with Crippen molar-refractivity contribution in [2.45, 2.75) is 44.4 Å². The number of hydrogen-bond donors (Lipinski definition) is 1. The molecule has 3 radical (unpaired) electrons. The van der Waals surface area contributed by atoms with Crippen LogP contribution in [0.5, 0.6) is 0 Å². The van der Waals surface area contributed by atoms with Crippen LogP contribution in [0.4, 0.5) is 0 Å². The highest BCUT2D eigenvalue weighted by Crippen LogP contribution is 2.30. The van der Waals surface area contributed by atoms with Gasteiger partial charge in [0.2, 0.25) is 0 Å². The monoisotopic (exact) mass is 245 g/mol. The maximum Gasteiger partial charge on any atom is 0.297 e. The third-order valence-electron chi connectivity index (χ3n) is 3.12. The minimum Gasteiger partial charge on any atom is -0.434 e. The van der Waals surface area contributed by atoms with Crippen molar-refractivity contribution in [3.8, 4) is 0 Å². The normalized spacial score (nSPS) is 12.5. The van der Waals surface area contributed by atoms with Gasteiger partial charge < -0.3 is 4.65 Å². The van der Waals surface area contributed by atoms with E-state index in [2.05, 4.69) is 12.6 Å². The maximum absolute atomic E-state index is 5.80. The lowest BCUT2D eigenvalue weighted by molar-refractivity contribution is 0.0823. The third-order valence-corrected chi connectivity index (χ3v) is 3.66. The minimum atomic E-state index is -0.309. The molecule has 0 aliphatic rings. The van der Waals surface area contributed by atoms with E-state index in [1.165, 1.54) is 0 Å². The largest absolute Gasteiger partial charge is 0.434 e. The molecule has 0 aliphatic heterocycles. The molecule has 0 unspecified atom stereocenters. The number of thiol groups is 1. The Hall–Kier alpha value is -0.340. The van der Waals surface area contributed by atoms with Crippen molar-refractivity contribution in [2.75, 3.05) is 0 Å². The highest BCUT2D eigenvalue weighted by atomic mass is 32.1. The zero-order valence-electron chi connectivity index (χ0n) is 11.0. The Morgan fingerprint density at radius 1 is 1.29 bits per heavy atom. The van der Waals surface area contributed by atoms with Gasteiger partial charge in [0.25, 0.3) is 7.48 Å². The molecule has 0 N–H and O–H groups in total. The molecule has 1 aromatic carbocycles. The Morgan fingerprint density at radius 3 is 2.47 bits per heavy atom. The average Bonchev–Trinajstić information content (AvgIpc) is 2.15. The number of hydrogen-bond acceptors (Lipinski definition) is 2. The van der Waals surface area contributed by atoms with Gasteiger partial charge in [-0.05, 0) is 34.0 Å². The standard InChI is InChI=1S/C13H19B2OS/c1-12(2,13(3,4)17)16-15-9-10-6-5-7-11(14)8-10/h5-8,17H,9H2,1-4H3. The summed E-state index contributed by atoms with van der Waals surface area (Å²) in [5.41, 5.74) is 1.62. The first kappa shape index (κ1) is 14.7. The predicted octanol–water partition coefficient (Wildman–Crippen LogP) is 2.10. The Morgan fingerprint density at radius 2 is 1.94 bits per heavy atom. The Bertz CT molecular complexity index is 372. The van der Waals surface area contributed by atoms with Gasteiger partial charge in [-0.15, -0.1) is 0 Å². The van der Waals surface area contributed by atoms with Gasteiger partial charge in [0.05, 0.1) is 5.60 Å². The van der Waals surface area contributed by atoms with Gasteiger partial charge in [0.15, 0.2) is 0 Å². The lowest BCUT2D eigenvalue weighted by Crippen LogP contribution is -2.44. The first-order chi connectivity index (χ1) is 7.72. The van der Waals surface area contributed by atoms with E-state index in [0.717, 1.165) is 17.3 Å². The van der Waals surface area contributed by atoms with Gasteiger partial charge in [0, 0.05) is 4.75 Å². The summed E-state index contributed by atoms with van der Waals surface area (Å²) in [6.07, 6.45) is 0.748. The maximum atomic E-state index is 5.80. The summed E-state index contributed by atoms with van der Waals surface area (Å²) in [4.78, 5) is 0. The van der Waals surface area contributed by atoms with Crippen LogP contribution in [0, 0.1) is 0 Å². The van der Waals surface area contributed by atoms with Crippen molar-refractivity contribution >= 4 is 33.4 Å². The third kappa shape index (κ3) is 4.44. The van der Waals surface area contributed by atoms with Gasteiger partial charge in [-0.3, -0.25) is 0 Å². The van der Waals surface area contributed by atoms with E-state index in [-0.39, 0.29) is 10.3 Å². The molecule has 0 saturated heterocycles. The fourth-order valence-electron chi connectivity index (χ4n) is 1.21. The number of benzene rings is 1. The van der Waals surface area contributed by atoms with Crippen molar-refractivity contribution in [1.82, 2.24) is 0 Å². The second kappa shape index (κ2) is 5.53. The minimum absolute atomic E-state index is 0.195. The fraction of sp³-hybridized carbons (Fsp3) is 0.538. The second-order valence-electron chi connectivity index (χ2n) is 5.30. The smallest absolute Gasteiger partial charge is 0.297 e. The summed E-state index contributed by atoms with van der Waals surface area (Å²) in [6.45, 7) is 8.17. The summed E-state index contributed by atoms with van der Waals surface area (Å²) in [7, 11) is 7.54. The van der Waals surface area contributed by atoms with E-state index in [1.807, 2.05) is 59.4 Å². The molecule has 0 saturated carbocycles. The van der Waals surface area contributed by atoms with Crippen LogP contribution in [0.1, 0.15) is 33.3 Å². The molecule has 1 rings (SSSR count). The highest BCUT2D eigenvalue weighted by molar-refractivity contribution is 7.81. The Balaban J connectivity index is 2.48. The van der Waals surface area contributed by atoms with E-state index in [4.69, 9.17) is 12.5 Å². The van der Waals surface area contributed by atoms with Gasteiger partial charge in [-0.25, -0.2) is 0 Å². The molecule has 17 heavy (non-hydrogen) atoms. The van der Waals surface area contributed by atoms with Crippen LogP contribution in [0.15, 0.2) is 24.3 Å². The van der Waals surface area contributed by atoms with E-state index in [9.17, 15) is 0 Å². The number of rotatable bonds is 5. The van der Waals surface area contributed by atoms with Gasteiger partial charge in [-0.1, -0.05) is 35.3 Å². The van der Waals surface area contributed by atoms with Crippen molar-refractivity contribution in [1.29, 1.82) is 0 Å². The van der Waals surface area contributed by atoms with Crippen LogP contribution in [0.3, 0.4) is 0 Å². The van der Waals surface area contributed by atoms with Gasteiger partial charge >= 0.3 is 0 Å². The molecule has 89 valence electrons. The van der Waals surface area contributed by atoms with Crippen LogP contribution in [-0.2, 0) is 11.0 Å². The summed E-state index contributed by atoms with van der Waals surface area (Å²) in [6, 6.07) is 7.82. The highest BCUT2D eigenvalue weighted by Gasteiger charge is 2.34. The van der Waals surface area contributed by atoms with E-state index < -0.39 is 0 Å². The van der Waals surface area contributed by atoms with Gasteiger partial charge in [-0.2, -0.15) is 12.6 Å². The van der Waals surface area contributed by atoms with E-state index in [1.54, 1.807) is 0 Å². The summed E-state index contributed by atoms with van der Waals surface area (Å²) in [5.74, 6) is 0.